The first-order chi connectivity index (χ1) is 9.47. The lowest BCUT2D eigenvalue weighted by molar-refractivity contribution is 0.0783. The number of aromatic nitrogens is 1. The van der Waals surface area contributed by atoms with Crippen molar-refractivity contribution < 1.29 is 4.79 Å². The smallest absolute Gasteiger partial charge is 0.260 e. The molecule has 0 atom stereocenters. The zero-order valence-electron chi connectivity index (χ0n) is 11.3. The largest absolute Gasteiger partial charge is 0.337 e. The molecular formula is C15H15ClN2O2. The molecule has 0 radical (unpaired) electrons. The minimum atomic E-state index is -0.363. The Labute approximate surface area is 122 Å². The average molecular weight is 291 g/mol. The van der Waals surface area contributed by atoms with E-state index in [1.807, 2.05) is 12.1 Å². The summed E-state index contributed by atoms with van der Waals surface area (Å²) in [6, 6.07) is 10.5. The van der Waals surface area contributed by atoms with Crippen molar-refractivity contribution in [3.8, 4) is 0 Å². The van der Waals surface area contributed by atoms with Crippen LogP contribution in [0.15, 0.2) is 41.2 Å². The molecule has 5 heteroatoms. The van der Waals surface area contributed by atoms with E-state index in [2.05, 4.69) is 4.98 Å². The molecule has 0 aliphatic rings. The van der Waals surface area contributed by atoms with Crippen LogP contribution in [-0.4, -0.2) is 22.8 Å². The molecule has 0 aliphatic carbocycles. The monoisotopic (exact) mass is 290 g/mol. The van der Waals surface area contributed by atoms with Crippen molar-refractivity contribution in [3.05, 3.63) is 68.6 Å². The van der Waals surface area contributed by atoms with E-state index in [0.717, 1.165) is 11.3 Å². The number of hydrogen-bond donors (Lipinski definition) is 1. The number of halogens is 1. The lowest BCUT2D eigenvalue weighted by Crippen LogP contribution is -2.31. The van der Waals surface area contributed by atoms with Gasteiger partial charge in [-0.15, -0.1) is 0 Å². The number of rotatable bonds is 3. The van der Waals surface area contributed by atoms with E-state index < -0.39 is 0 Å². The molecule has 1 aromatic heterocycles. The van der Waals surface area contributed by atoms with Crippen LogP contribution in [-0.2, 0) is 6.54 Å². The standard InChI is InChI=1S/C15H15ClN2O2/c1-10-3-8-13(14(19)17-10)15(20)18(2)9-11-4-6-12(16)7-5-11/h3-8H,9H2,1-2H3,(H,17,19). The molecule has 104 valence electrons. The lowest BCUT2D eigenvalue weighted by atomic mass is 10.2. The highest BCUT2D eigenvalue weighted by atomic mass is 35.5. The fourth-order valence-corrected chi connectivity index (χ4v) is 2.01. The van der Waals surface area contributed by atoms with Crippen LogP contribution in [0.2, 0.25) is 5.02 Å². The summed E-state index contributed by atoms with van der Waals surface area (Å²) >= 11 is 5.82. The summed E-state index contributed by atoms with van der Waals surface area (Å²) in [5.74, 6) is -0.304. The Kier molecular flexibility index (Phi) is 4.25. The van der Waals surface area contributed by atoms with Gasteiger partial charge in [-0.3, -0.25) is 9.59 Å². The second-order valence-electron chi connectivity index (χ2n) is 4.67. The number of carbonyl (C=O) groups is 1. The topological polar surface area (TPSA) is 53.2 Å². The van der Waals surface area contributed by atoms with Crippen LogP contribution in [0.1, 0.15) is 21.6 Å². The molecule has 2 aromatic rings. The summed E-state index contributed by atoms with van der Waals surface area (Å²) < 4.78 is 0. The molecule has 0 fully saturated rings. The summed E-state index contributed by atoms with van der Waals surface area (Å²) in [5.41, 5.74) is 1.46. The van der Waals surface area contributed by atoms with Crippen LogP contribution < -0.4 is 5.56 Å². The Balaban J connectivity index is 2.16. The van der Waals surface area contributed by atoms with Gasteiger partial charge in [0.05, 0.1) is 0 Å². The Morgan fingerprint density at radius 1 is 1.20 bits per heavy atom. The lowest BCUT2D eigenvalue weighted by Gasteiger charge is -2.17. The zero-order chi connectivity index (χ0) is 14.7. The molecule has 1 amide bonds. The minimum absolute atomic E-state index is 0.145. The molecule has 0 spiro atoms. The predicted octanol–water partition coefficient (Wildman–Crippen LogP) is 2.61. The molecule has 1 heterocycles. The molecule has 0 unspecified atom stereocenters. The van der Waals surface area contributed by atoms with Gasteiger partial charge in [-0.2, -0.15) is 0 Å². The van der Waals surface area contributed by atoms with Crippen LogP contribution in [0.4, 0.5) is 0 Å². The molecule has 1 N–H and O–H groups in total. The molecule has 2 rings (SSSR count). The van der Waals surface area contributed by atoms with E-state index in [1.165, 1.54) is 4.90 Å². The quantitative estimate of drug-likeness (QED) is 0.945. The second kappa shape index (κ2) is 5.92. The molecule has 0 saturated heterocycles. The first-order valence-corrected chi connectivity index (χ1v) is 6.55. The Hall–Kier alpha value is -2.07. The van der Waals surface area contributed by atoms with Crippen molar-refractivity contribution >= 4 is 17.5 Å². The summed E-state index contributed by atoms with van der Waals surface area (Å²) in [4.78, 5) is 28.1. The number of pyridine rings is 1. The van der Waals surface area contributed by atoms with Crippen LogP contribution in [0.5, 0.6) is 0 Å². The highest BCUT2D eigenvalue weighted by Gasteiger charge is 2.15. The maximum absolute atomic E-state index is 12.2. The second-order valence-corrected chi connectivity index (χ2v) is 5.11. The maximum Gasteiger partial charge on any atom is 0.260 e. The SMILES string of the molecule is Cc1ccc(C(=O)N(C)Cc2ccc(Cl)cc2)c(=O)[nH]1. The summed E-state index contributed by atoms with van der Waals surface area (Å²) in [6.45, 7) is 2.19. The molecule has 20 heavy (non-hydrogen) atoms. The van der Waals surface area contributed by atoms with E-state index >= 15 is 0 Å². The zero-order valence-corrected chi connectivity index (χ0v) is 12.1. The van der Waals surface area contributed by atoms with Crippen LogP contribution in [0.3, 0.4) is 0 Å². The number of nitrogens with zero attached hydrogens (tertiary/aromatic N) is 1. The first kappa shape index (κ1) is 14.3. The van der Waals surface area contributed by atoms with Crippen molar-refractivity contribution in [2.75, 3.05) is 7.05 Å². The van der Waals surface area contributed by atoms with Crippen molar-refractivity contribution in [2.45, 2.75) is 13.5 Å². The number of hydrogen-bond acceptors (Lipinski definition) is 2. The minimum Gasteiger partial charge on any atom is -0.337 e. The molecular weight excluding hydrogens is 276 g/mol. The van der Waals surface area contributed by atoms with Gasteiger partial charge in [0.25, 0.3) is 11.5 Å². The third-order valence-electron chi connectivity index (χ3n) is 2.97. The Morgan fingerprint density at radius 3 is 2.45 bits per heavy atom. The Bertz CT molecular complexity index is 677. The molecule has 0 saturated carbocycles. The fourth-order valence-electron chi connectivity index (χ4n) is 1.88. The van der Waals surface area contributed by atoms with Crippen molar-refractivity contribution in [2.24, 2.45) is 0 Å². The van der Waals surface area contributed by atoms with Gasteiger partial charge in [-0.1, -0.05) is 23.7 Å². The van der Waals surface area contributed by atoms with E-state index in [9.17, 15) is 9.59 Å². The predicted molar refractivity (Wildman–Crippen MR) is 79.0 cm³/mol. The number of nitrogens with one attached hydrogen (secondary N) is 1. The van der Waals surface area contributed by atoms with Crippen molar-refractivity contribution in [1.29, 1.82) is 0 Å². The fraction of sp³-hybridized carbons (Fsp3) is 0.200. The van der Waals surface area contributed by atoms with Crippen LogP contribution >= 0.6 is 11.6 Å². The van der Waals surface area contributed by atoms with Crippen LogP contribution in [0, 0.1) is 6.92 Å². The average Bonchev–Trinajstić information content (AvgIpc) is 2.40. The first-order valence-electron chi connectivity index (χ1n) is 6.17. The van der Waals surface area contributed by atoms with Gasteiger partial charge < -0.3 is 9.88 Å². The van der Waals surface area contributed by atoms with Gasteiger partial charge in [0.15, 0.2) is 0 Å². The van der Waals surface area contributed by atoms with Gasteiger partial charge in [0.2, 0.25) is 0 Å². The third kappa shape index (κ3) is 3.27. The summed E-state index contributed by atoms with van der Waals surface area (Å²) in [5, 5.41) is 0.651. The number of H-pyrrole nitrogens is 1. The van der Waals surface area contributed by atoms with Crippen molar-refractivity contribution in [1.82, 2.24) is 9.88 Å². The molecule has 1 aromatic carbocycles. The maximum atomic E-state index is 12.2. The number of aromatic amines is 1. The molecule has 0 bridgehead atoms. The van der Waals surface area contributed by atoms with E-state index in [0.29, 0.717) is 11.6 Å². The summed E-state index contributed by atoms with van der Waals surface area (Å²) in [7, 11) is 1.66. The van der Waals surface area contributed by atoms with Crippen LogP contribution in [0.25, 0.3) is 0 Å². The number of amides is 1. The highest BCUT2D eigenvalue weighted by Crippen LogP contribution is 2.11. The van der Waals surface area contributed by atoms with Gasteiger partial charge >= 0.3 is 0 Å². The van der Waals surface area contributed by atoms with Gasteiger partial charge in [0, 0.05) is 24.3 Å². The number of aryl methyl sites for hydroxylation is 1. The highest BCUT2D eigenvalue weighted by molar-refractivity contribution is 6.30. The van der Waals surface area contributed by atoms with E-state index in [-0.39, 0.29) is 17.0 Å². The third-order valence-corrected chi connectivity index (χ3v) is 3.22. The van der Waals surface area contributed by atoms with Crippen molar-refractivity contribution in [3.63, 3.8) is 0 Å². The number of carbonyl (C=O) groups excluding carboxylic acids is 1. The summed E-state index contributed by atoms with van der Waals surface area (Å²) in [6.07, 6.45) is 0. The van der Waals surface area contributed by atoms with E-state index in [1.54, 1.807) is 38.2 Å². The molecule has 4 nitrogen and oxygen atoms in total. The molecule has 0 aliphatic heterocycles. The number of benzene rings is 1. The normalized spacial score (nSPS) is 10.3. The Morgan fingerprint density at radius 2 is 1.85 bits per heavy atom. The van der Waals surface area contributed by atoms with E-state index in [4.69, 9.17) is 11.6 Å². The van der Waals surface area contributed by atoms with Gasteiger partial charge in [-0.05, 0) is 36.8 Å². The van der Waals surface area contributed by atoms with Gasteiger partial charge in [-0.25, -0.2) is 0 Å². The van der Waals surface area contributed by atoms with Gasteiger partial charge in [0.1, 0.15) is 5.56 Å².